The van der Waals surface area contributed by atoms with E-state index in [9.17, 15) is 18.0 Å². The molecule has 0 radical (unpaired) electrons. The number of amides is 1. The van der Waals surface area contributed by atoms with Gasteiger partial charge in [0.15, 0.2) is 11.3 Å². The Morgan fingerprint density at radius 3 is 2.79 bits per heavy atom. The van der Waals surface area contributed by atoms with Crippen LogP contribution in [-0.4, -0.2) is 26.0 Å². The number of nitrogens with zero attached hydrogens (tertiary/aromatic N) is 3. The molecule has 2 aliphatic rings. The Morgan fingerprint density at radius 1 is 1.42 bits per heavy atom. The summed E-state index contributed by atoms with van der Waals surface area (Å²) in [6.07, 6.45) is 2.21. The molecule has 1 amide bonds. The number of carbonyl (C=O) groups is 1. The first-order valence-electron chi connectivity index (χ1n) is 7.72. The number of halogens is 3. The summed E-state index contributed by atoms with van der Waals surface area (Å²) < 4.78 is 39.6. The first kappa shape index (κ1) is 15.2. The van der Waals surface area contributed by atoms with Crippen LogP contribution in [0.4, 0.5) is 13.2 Å². The number of nitrogens with one attached hydrogen (secondary N) is 1. The number of rotatable bonds is 2. The summed E-state index contributed by atoms with van der Waals surface area (Å²) in [7, 11) is 0. The maximum absolute atomic E-state index is 12.9. The number of hydrogen-bond donors (Lipinski definition) is 1. The smallest absolute Gasteiger partial charge is 0.342 e. The Kier molecular flexibility index (Phi) is 3.04. The van der Waals surface area contributed by atoms with Gasteiger partial charge in [-0.3, -0.25) is 4.79 Å². The van der Waals surface area contributed by atoms with Crippen molar-refractivity contribution in [3.8, 4) is 0 Å². The molecule has 2 atom stereocenters. The second-order valence-corrected chi connectivity index (χ2v) is 6.55. The van der Waals surface area contributed by atoms with Crippen LogP contribution in [0.2, 0.25) is 0 Å². The summed E-state index contributed by atoms with van der Waals surface area (Å²) in [5.41, 5.74) is -0.910. The summed E-state index contributed by atoms with van der Waals surface area (Å²) in [5, 5.41) is 6.50. The van der Waals surface area contributed by atoms with Gasteiger partial charge in [-0.1, -0.05) is 12.2 Å². The molecule has 1 fully saturated rings. The second-order valence-electron chi connectivity index (χ2n) is 6.55. The molecule has 4 rings (SSSR count). The lowest BCUT2D eigenvalue weighted by atomic mass is 9.99. The summed E-state index contributed by atoms with van der Waals surface area (Å²) in [4.78, 5) is 16.7. The van der Waals surface area contributed by atoms with Gasteiger partial charge in [0.1, 0.15) is 5.69 Å². The molecule has 0 spiro atoms. The first-order valence-corrected chi connectivity index (χ1v) is 7.72. The zero-order chi connectivity index (χ0) is 17.1. The number of alkyl halides is 3. The standard InChI is InChI=1S/C16H15F3N4O/c1-9-6-11(14(24)21-15-4-2-10(8-15)3-5-15)23-13(20-9)7-12(22-23)16(17,18)19/h2,4,6-7,10H,3,5,8H2,1H3,(H,21,24). The van der Waals surface area contributed by atoms with Crippen molar-refractivity contribution in [2.75, 3.05) is 0 Å². The van der Waals surface area contributed by atoms with E-state index in [-0.39, 0.29) is 16.9 Å². The lowest BCUT2D eigenvalue weighted by molar-refractivity contribution is -0.141. The molecule has 0 aliphatic heterocycles. The third kappa shape index (κ3) is 2.37. The molecule has 2 heterocycles. The van der Waals surface area contributed by atoms with Crippen molar-refractivity contribution in [2.45, 2.75) is 37.9 Å². The van der Waals surface area contributed by atoms with E-state index in [1.165, 1.54) is 6.07 Å². The van der Waals surface area contributed by atoms with Gasteiger partial charge in [-0.15, -0.1) is 0 Å². The fourth-order valence-electron chi connectivity index (χ4n) is 3.60. The Morgan fingerprint density at radius 2 is 2.21 bits per heavy atom. The van der Waals surface area contributed by atoms with Crippen LogP contribution >= 0.6 is 0 Å². The van der Waals surface area contributed by atoms with Crippen LogP contribution in [0.25, 0.3) is 5.65 Å². The van der Waals surface area contributed by atoms with E-state index in [1.54, 1.807) is 6.92 Å². The first-order chi connectivity index (χ1) is 11.3. The van der Waals surface area contributed by atoms with Crippen LogP contribution in [0.15, 0.2) is 24.3 Å². The molecule has 24 heavy (non-hydrogen) atoms. The van der Waals surface area contributed by atoms with Gasteiger partial charge in [0, 0.05) is 11.8 Å². The fourth-order valence-corrected chi connectivity index (χ4v) is 3.60. The average molecular weight is 336 g/mol. The molecule has 2 aromatic rings. The Labute approximate surface area is 135 Å². The zero-order valence-corrected chi connectivity index (χ0v) is 12.9. The average Bonchev–Trinajstić information content (AvgIpc) is 3.18. The van der Waals surface area contributed by atoms with Crippen LogP contribution in [0.1, 0.15) is 41.1 Å². The highest BCUT2D eigenvalue weighted by atomic mass is 19.4. The van der Waals surface area contributed by atoms with Gasteiger partial charge in [0.05, 0.1) is 5.54 Å². The predicted octanol–water partition coefficient (Wildman–Crippen LogP) is 2.90. The van der Waals surface area contributed by atoms with Crippen molar-refractivity contribution >= 4 is 11.6 Å². The van der Waals surface area contributed by atoms with Crippen molar-refractivity contribution in [3.05, 3.63) is 41.4 Å². The molecule has 0 aromatic carbocycles. The predicted molar refractivity (Wildman–Crippen MR) is 79.4 cm³/mol. The van der Waals surface area contributed by atoms with Crippen LogP contribution in [-0.2, 0) is 6.18 Å². The molecular formula is C16H15F3N4O. The van der Waals surface area contributed by atoms with Crippen LogP contribution in [0.3, 0.4) is 0 Å². The van der Waals surface area contributed by atoms with E-state index in [4.69, 9.17) is 0 Å². The van der Waals surface area contributed by atoms with Crippen LogP contribution in [0.5, 0.6) is 0 Å². The highest BCUT2D eigenvalue weighted by molar-refractivity contribution is 5.94. The van der Waals surface area contributed by atoms with Crippen molar-refractivity contribution in [1.82, 2.24) is 19.9 Å². The SMILES string of the molecule is Cc1cc(C(=O)NC23C=CC(CC2)C3)n2nc(C(F)(F)F)cc2n1. The molecule has 8 heteroatoms. The summed E-state index contributed by atoms with van der Waals surface area (Å²) in [5.74, 6) is 0.0422. The maximum atomic E-state index is 12.9. The Bertz CT molecular complexity index is 870. The minimum Gasteiger partial charge on any atom is -0.342 e. The van der Waals surface area contributed by atoms with Crippen LogP contribution < -0.4 is 5.32 Å². The third-order valence-electron chi connectivity index (χ3n) is 4.72. The molecule has 5 nitrogen and oxygen atoms in total. The van der Waals surface area contributed by atoms with Crippen molar-refractivity contribution < 1.29 is 18.0 Å². The van der Waals surface area contributed by atoms with E-state index in [0.717, 1.165) is 29.8 Å². The van der Waals surface area contributed by atoms with Crippen molar-refractivity contribution in [3.63, 3.8) is 0 Å². The largest absolute Gasteiger partial charge is 0.435 e. The second kappa shape index (κ2) is 4.81. The number of carbonyl (C=O) groups excluding carboxylic acids is 1. The topological polar surface area (TPSA) is 59.3 Å². The Hall–Kier alpha value is -2.38. The lowest BCUT2D eigenvalue weighted by Crippen LogP contribution is -2.44. The van der Waals surface area contributed by atoms with Crippen LogP contribution in [0, 0.1) is 12.8 Å². The molecule has 1 N–H and O–H groups in total. The molecule has 2 bridgehead atoms. The number of aromatic nitrogens is 3. The van der Waals surface area contributed by atoms with Crippen molar-refractivity contribution in [1.29, 1.82) is 0 Å². The number of aryl methyl sites for hydroxylation is 1. The van der Waals surface area contributed by atoms with Gasteiger partial charge in [0.2, 0.25) is 0 Å². The van der Waals surface area contributed by atoms with E-state index in [1.807, 2.05) is 6.08 Å². The summed E-state index contributed by atoms with van der Waals surface area (Å²) >= 11 is 0. The van der Waals surface area contributed by atoms with Gasteiger partial charge in [-0.05, 0) is 38.2 Å². The van der Waals surface area contributed by atoms with Gasteiger partial charge < -0.3 is 5.32 Å². The van der Waals surface area contributed by atoms with E-state index in [2.05, 4.69) is 21.5 Å². The Balaban J connectivity index is 1.74. The molecular weight excluding hydrogens is 321 g/mol. The normalized spacial score (nSPS) is 25.6. The minimum atomic E-state index is -4.58. The fraction of sp³-hybridized carbons (Fsp3) is 0.438. The van der Waals surface area contributed by atoms with Gasteiger partial charge in [-0.25, -0.2) is 9.50 Å². The monoisotopic (exact) mass is 336 g/mol. The third-order valence-corrected chi connectivity index (χ3v) is 4.72. The lowest BCUT2D eigenvalue weighted by Gasteiger charge is -2.25. The van der Waals surface area contributed by atoms with Crippen molar-refractivity contribution in [2.24, 2.45) is 5.92 Å². The minimum absolute atomic E-state index is 0.0104. The zero-order valence-electron chi connectivity index (χ0n) is 12.9. The quantitative estimate of drug-likeness (QED) is 0.858. The molecule has 0 saturated heterocycles. The van der Waals surface area contributed by atoms with E-state index < -0.39 is 17.8 Å². The van der Waals surface area contributed by atoms with Gasteiger partial charge in [-0.2, -0.15) is 18.3 Å². The van der Waals surface area contributed by atoms with E-state index >= 15 is 0 Å². The summed E-state index contributed by atoms with van der Waals surface area (Å²) in [6.45, 7) is 1.64. The van der Waals surface area contributed by atoms with Gasteiger partial charge >= 0.3 is 6.18 Å². The maximum Gasteiger partial charge on any atom is 0.435 e. The molecule has 1 saturated carbocycles. The van der Waals surface area contributed by atoms with E-state index in [0.29, 0.717) is 11.6 Å². The highest BCUT2D eigenvalue weighted by Crippen LogP contribution is 2.42. The molecule has 2 aliphatic carbocycles. The summed E-state index contributed by atoms with van der Waals surface area (Å²) in [6, 6.07) is 2.31. The molecule has 2 aromatic heterocycles. The molecule has 126 valence electrons. The molecule has 2 unspecified atom stereocenters. The highest BCUT2D eigenvalue weighted by Gasteiger charge is 2.42. The van der Waals surface area contributed by atoms with Gasteiger partial charge in [0.25, 0.3) is 5.91 Å². The number of fused-ring (bicyclic) bond motifs is 3. The number of allylic oxidation sites excluding steroid dienone is 1. The number of hydrogen-bond acceptors (Lipinski definition) is 3.